The van der Waals surface area contributed by atoms with Crippen molar-refractivity contribution in [3.05, 3.63) is 58.3 Å². The summed E-state index contributed by atoms with van der Waals surface area (Å²) in [4.78, 5) is 4.32. The Morgan fingerprint density at radius 2 is 1.61 bits per heavy atom. The molecule has 7 heteroatoms. The van der Waals surface area contributed by atoms with Gasteiger partial charge in [0.2, 0.25) is 5.88 Å². The van der Waals surface area contributed by atoms with Crippen LogP contribution in [0.5, 0.6) is 5.88 Å². The van der Waals surface area contributed by atoms with E-state index in [-0.39, 0.29) is 0 Å². The monoisotopic (exact) mass is 422 g/mol. The molecule has 0 spiro atoms. The molecule has 0 fully saturated rings. The lowest BCUT2D eigenvalue weighted by Gasteiger charge is -2.03. The summed E-state index contributed by atoms with van der Waals surface area (Å²) in [6.45, 7) is 17.9. The van der Waals surface area contributed by atoms with Gasteiger partial charge in [0.15, 0.2) is 0 Å². The summed E-state index contributed by atoms with van der Waals surface area (Å²) in [6, 6.07) is 6.09. The molecule has 0 aliphatic carbocycles. The third-order valence-electron chi connectivity index (χ3n) is 4.52. The van der Waals surface area contributed by atoms with Gasteiger partial charge in [0.1, 0.15) is 11.9 Å². The number of rotatable bonds is 1. The van der Waals surface area contributed by atoms with E-state index in [0.29, 0.717) is 5.56 Å². The van der Waals surface area contributed by atoms with Crippen molar-refractivity contribution in [1.82, 2.24) is 24.2 Å². The van der Waals surface area contributed by atoms with Gasteiger partial charge in [-0.1, -0.05) is 27.7 Å². The van der Waals surface area contributed by atoms with Gasteiger partial charge in [-0.05, 0) is 57.4 Å². The predicted octanol–water partition coefficient (Wildman–Crippen LogP) is 5.54. The molecule has 0 bridgehead atoms. The Morgan fingerprint density at radius 1 is 0.968 bits per heavy atom. The van der Waals surface area contributed by atoms with Crippen molar-refractivity contribution in [2.45, 2.75) is 62.3 Å². The molecular formula is C24H34N6O. The topological polar surface area (TPSA) is 80.5 Å². The normalized spacial score (nSPS) is 9.58. The molecule has 31 heavy (non-hydrogen) atoms. The zero-order chi connectivity index (χ0) is 23.7. The fourth-order valence-corrected chi connectivity index (χ4v) is 3.28. The third-order valence-corrected chi connectivity index (χ3v) is 4.52. The summed E-state index contributed by atoms with van der Waals surface area (Å²) in [5.74, 6) is 1.51. The molecule has 0 aromatic carbocycles. The summed E-state index contributed by atoms with van der Waals surface area (Å²) >= 11 is 0. The summed E-state index contributed by atoms with van der Waals surface area (Å²) in [5.41, 5.74) is 7.00. The maximum absolute atomic E-state index is 8.81. The molecule has 0 unspecified atom stereocenters. The van der Waals surface area contributed by atoms with Crippen LogP contribution < -0.4 is 4.74 Å². The molecule has 0 aliphatic rings. The molecule has 0 aliphatic heterocycles. The quantitative estimate of drug-likeness (QED) is 0.402. The van der Waals surface area contributed by atoms with Crippen LogP contribution in [0.1, 0.15) is 61.5 Å². The number of hydrogen-bond donors (Lipinski definition) is 0. The average Bonchev–Trinajstić information content (AvgIpc) is 3.31. The predicted molar refractivity (Wildman–Crippen MR) is 126 cm³/mol. The fourth-order valence-electron chi connectivity index (χ4n) is 3.28. The average molecular weight is 423 g/mol. The number of aryl methyl sites for hydroxylation is 5. The van der Waals surface area contributed by atoms with Gasteiger partial charge in [0, 0.05) is 12.3 Å². The Kier molecular flexibility index (Phi) is 9.68. The second-order valence-corrected chi connectivity index (χ2v) is 6.46. The number of methoxy groups -OCH3 is 1. The highest BCUT2D eigenvalue weighted by atomic mass is 16.5. The van der Waals surface area contributed by atoms with Crippen molar-refractivity contribution in [2.75, 3.05) is 7.11 Å². The number of nitriles is 1. The molecule has 0 saturated heterocycles. The number of fused-ring (bicyclic) bond motifs is 2. The second-order valence-electron chi connectivity index (χ2n) is 6.46. The van der Waals surface area contributed by atoms with Gasteiger partial charge in [0.25, 0.3) is 0 Å². The molecule has 4 aromatic rings. The van der Waals surface area contributed by atoms with Crippen molar-refractivity contribution >= 4 is 11.0 Å². The van der Waals surface area contributed by atoms with Gasteiger partial charge in [-0.15, -0.1) is 5.10 Å². The van der Waals surface area contributed by atoms with Crippen LogP contribution in [0.2, 0.25) is 0 Å². The molecule has 7 nitrogen and oxygen atoms in total. The Hall–Kier alpha value is -3.40. The fraction of sp³-hybridized carbons (Fsp3) is 0.417. The van der Waals surface area contributed by atoms with E-state index < -0.39 is 0 Å². The van der Waals surface area contributed by atoms with Crippen molar-refractivity contribution < 1.29 is 4.74 Å². The Labute approximate surface area is 185 Å². The zero-order valence-electron chi connectivity index (χ0n) is 20.4. The van der Waals surface area contributed by atoms with E-state index in [4.69, 9.17) is 10.00 Å². The third kappa shape index (κ3) is 5.40. The lowest BCUT2D eigenvalue weighted by atomic mass is 10.1. The second kappa shape index (κ2) is 11.7. The van der Waals surface area contributed by atoms with E-state index in [1.807, 2.05) is 80.6 Å². The van der Waals surface area contributed by atoms with E-state index in [1.54, 1.807) is 22.3 Å². The van der Waals surface area contributed by atoms with Crippen LogP contribution in [0.4, 0.5) is 0 Å². The van der Waals surface area contributed by atoms with Gasteiger partial charge < -0.3 is 4.74 Å². The lowest BCUT2D eigenvalue weighted by Crippen LogP contribution is -2.02. The minimum Gasteiger partial charge on any atom is -0.481 e. The van der Waals surface area contributed by atoms with Crippen LogP contribution in [0, 0.1) is 45.9 Å². The molecule has 4 aromatic heterocycles. The van der Waals surface area contributed by atoms with Gasteiger partial charge in [-0.25, -0.2) is 9.50 Å². The number of hydrogen-bond acceptors (Lipinski definition) is 5. The highest BCUT2D eigenvalue weighted by Gasteiger charge is 2.11. The van der Waals surface area contributed by atoms with Crippen LogP contribution >= 0.6 is 0 Å². The maximum Gasteiger partial charge on any atom is 0.215 e. The van der Waals surface area contributed by atoms with Crippen molar-refractivity contribution in [1.29, 1.82) is 5.26 Å². The maximum atomic E-state index is 8.81. The van der Waals surface area contributed by atoms with E-state index in [0.717, 1.165) is 45.1 Å². The molecule has 4 rings (SSSR count). The van der Waals surface area contributed by atoms with Crippen molar-refractivity contribution in [2.24, 2.45) is 0 Å². The highest BCUT2D eigenvalue weighted by Crippen LogP contribution is 2.22. The minimum absolute atomic E-state index is 0.648. The molecule has 0 saturated carbocycles. The lowest BCUT2D eigenvalue weighted by molar-refractivity contribution is 0.386. The van der Waals surface area contributed by atoms with E-state index in [9.17, 15) is 0 Å². The van der Waals surface area contributed by atoms with Gasteiger partial charge >= 0.3 is 0 Å². The zero-order valence-corrected chi connectivity index (χ0v) is 20.4. The Morgan fingerprint density at radius 3 is 2.19 bits per heavy atom. The number of aromatic nitrogens is 5. The molecule has 0 amide bonds. The SMILES string of the molecule is CC.CC.COc1cc(C)c2c(C)nc(C)nn12.Cc1ccn2ncc(C#N)c(C)c12. The van der Waals surface area contributed by atoms with E-state index >= 15 is 0 Å². The van der Waals surface area contributed by atoms with Gasteiger partial charge in [-0.3, -0.25) is 0 Å². The highest BCUT2D eigenvalue weighted by molar-refractivity contribution is 5.64. The van der Waals surface area contributed by atoms with Gasteiger partial charge in [0.05, 0.1) is 35.6 Å². The minimum atomic E-state index is 0.648. The van der Waals surface area contributed by atoms with Gasteiger partial charge in [-0.2, -0.15) is 14.9 Å². The molecule has 4 heterocycles. The van der Waals surface area contributed by atoms with E-state index in [2.05, 4.69) is 21.3 Å². The summed E-state index contributed by atoms with van der Waals surface area (Å²) in [6.07, 6.45) is 3.50. The molecule has 166 valence electrons. The van der Waals surface area contributed by atoms with Crippen LogP contribution in [-0.2, 0) is 0 Å². The van der Waals surface area contributed by atoms with Crippen molar-refractivity contribution in [3.63, 3.8) is 0 Å². The Balaban J connectivity index is 0.000000268. The molecule has 0 atom stereocenters. The standard InChI is InChI=1S/C10H13N3O.C10H9N3.2C2H6/c1-6-5-9(14-4)13-10(6)7(2)11-8(3)12-13;1-7-3-4-13-10(7)8(2)9(5-11)6-12-13;2*1-2/h5H,1-4H3;3-4,6H,1-2H3;2*1-2H3. The first-order valence-electron chi connectivity index (χ1n) is 10.6. The molecular weight excluding hydrogens is 388 g/mol. The summed E-state index contributed by atoms with van der Waals surface area (Å²) in [7, 11) is 1.65. The first-order valence-corrected chi connectivity index (χ1v) is 10.6. The van der Waals surface area contributed by atoms with Crippen LogP contribution in [0.15, 0.2) is 24.5 Å². The summed E-state index contributed by atoms with van der Waals surface area (Å²) < 4.78 is 8.83. The van der Waals surface area contributed by atoms with E-state index in [1.165, 1.54) is 0 Å². The largest absolute Gasteiger partial charge is 0.481 e. The molecule has 0 radical (unpaired) electrons. The summed E-state index contributed by atoms with van der Waals surface area (Å²) in [5, 5.41) is 17.2. The van der Waals surface area contributed by atoms with Crippen LogP contribution in [0.3, 0.4) is 0 Å². The smallest absolute Gasteiger partial charge is 0.215 e. The van der Waals surface area contributed by atoms with Crippen LogP contribution in [0.25, 0.3) is 11.0 Å². The molecule has 0 N–H and O–H groups in total. The first-order chi connectivity index (χ1) is 14.9. The number of ether oxygens (including phenoxy) is 1. The number of nitrogens with zero attached hydrogens (tertiary/aromatic N) is 6. The van der Waals surface area contributed by atoms with Crippen LogP contribution in [-0.4, -0.2) is 31.3 Å². The first kappa shape index (κ1) is 25.6. The Bertz CT molecular complexity index is 1180. The van der Waals surface area contributed by atoms with Crippen molar-refractivity contribution in [3.8, 4) is 11.9 Å².